The van der Waals surface area contributed by atoms with Gasteiger partial charge in [-0.1, -0.05) is 5.21 Å². The number of aromatic nitrogens is 5. The Hall–Kier alpha value is -1.76. The Bertz CT molecular complexity index is 463. The minimum absolute atomic E-state index is 0.568. The lowest BCUT2D eigenvalue weighted by atomic mass is 10.5. The maximum absolute atomic E-state index is 5.45. The van der Waals surface area contributed by atoms with E-state index in [1.165, 1.54) is 0 Å². The van der Waals surface area contributed by atoms with Crippen molar-refractivity contribution in [3.05, 3.63) is 6.20 Å². The van der Waals surface area contributed by atoms with Gasteiger partial charge in [0.25, 0.3) is 0 Å². The van der Waals surface area contributed by atoms with Gasteiger partial charge in [-0.15, -0.1) is 5.10 Å². The first kappa shape index (κ1) is 9.78. The molecule has 7 heteroatoms. The summed E-state index contributed by atoms with van der Waals surface area (Å²) >= 11 is 0. The molecule has 0 radical (unpaired) electrons. The third-order valence-electron chi connectivity index (χ3n) is 2.17. The van der Waals surface area contributed by atoms with Gasteiger partial charge in [0, 0.05) is 27.2 Å². The smallest absolute Gasteiger partial charge is 0.227 e. The van der Waals surface area contributed by atoms with Gasteiger partial charge in [-0.25, -0.2) is 9.67 Å². The van der Waals surface area contributed by atoms with Gasteiger partial charge in [0.15, 0.2) is 0 Å². The molecule has 0 bridgehead atoms. The molecule has 0 saturated heterocycles. The Morgan fingerprint density at radius 3 is 3.07 bits per heavy atom. The highest BCUT2D eigenvalue weighted by Crippen LogP contribution is 2.10. The summed E-state index contributed by atoms with van der Waals surface area (Å²) in [5, 5.41) is 7.79. The predicted octanol–water partition coefficient (Wildman–Crippen LogP) is -0.847. The molecule has 0 saturated carbocycles. The molecule has 2 rings (SSSR count). The molecule has 2 N–H and O–H groups in total. The number of likely N-dealkylation sites (N-methyl/N-ethyl adjacent to an activating group) is 1. The minimum atomic E-state index is 0.568. The second-order valence-electron chi connectivity index (χ2n) is 3.30. The van der Waals surface area contributed by atoms with Gasteiger partial charge in [-0.2, -0.15) is 4.98 Å². The summed E-state index contributed by atoms with van der Waals surface area (Å²) in [5.74, 6) is 0.619. The number of nitrogens with zero attached hydrogens (tertiary/aromatic N) is 6. The zero-order chi connectivity index (χ0) is 10.8. The molecular weight excluding hydrogens is 194 g/mol. The van der Waals surface area contributed by atoms with Gasteiger partial charge in [0.2, 0.25) is 11.6 Å². The van der Waals surface area contributed by atoms with Crippen LogP contribution in [0.25, 0.3) is 11.2 Å². The molecule has 15 heavy (non-hydrogen) atoms. The molecule has 0 unspecified atom stereocenters. The molecular formula is C8H13N7. The van der Waals surface area contributed by atoms with Gasteiger partial charge in [-0.3, -0.25) is 0 Å². The predicted molar refractivity (Wildman–Crippen MR) is 56.4 cm³/mol. The van der Waals surface area contributed by atoms with Crippen LogP contribution < -0.4 is 10.6 Å². The first-order valence-corrected chi connectivity index (χ1v) is 4.66. The third kappa shape index (κ3) is 1.73. The summed E-state index contributed by atoms with van der Waals surface area (Å²) in [4.78, 5) is 10.4. The average molecular weight is 207 g/mol. The first-order chi connectivity index (χ1) is 7.22. The lowest BCUT2D eigenvalue weighted by molar-refractivity contribution is 0.735. The fourth-order valence-corrected chi connectivity index (χ4v) is 1.29. The standard InChI is InChI=1S/C8H13N7/c1-14(4-3-9)8-10-5-6-7(11-8)12-13-15(6)2/h5H,3-4,9H2,1-2H3. The van der Waals surface area contributed by atoms with Crippen molar-refractivity contribution in [2.24, 2.45) is 12.8 Å². The fourth-order valence-electron chi connectivity index (χ4n) is 1.29. The van der Waals surface area contributed by atoms with Crippen molar-refractivity contribution in [1.29, 1.82) is 0 Å². The van der Waals surface area contributed by atoms with E-state index in [2.05, 4.69) is 20.3 Å². The van der Waals surface area contributed by atoms with Crippen molar-refractivity contribution in [2.45, 2.75) is 0 Å². The van der Waals surface area contributed by atoms with Crippen LogP contribution in [0, 0.1) is 0 Å². The Kier molecular flexibility index (Phi) is 2.46. The van der Waals surface area contributed by atoms with Crippen molar-refractivity contribution in [3.8, 4) is 0 Å². The maximum Gasteiger partial charge on any atom is 0.227 e. The van der Waals surface area contributed by atoms with Crippen molar-refractivity contribution in [3.63, 3.8) is 0 Å². The Balaban J connectivity index is 2.38. The van der Waals surface area contributed by atoms with Gasteiger partial charge < -0.3 is 10.6 Å². The van der Waals surface area contributed by atoms with Crippen molar-refractivity contribution in [2.75, 3.05) is 25.0 Å². The second-order valence-corrected chi connectivity index (χ2v) is 3.30. The highest BCUT2D eigenvalue weighted by atomic mass is 15.4. The highest BCUT2D eigenvalue weighted by Gasteiger charge is 2.08. The maximum atomic E-state index is 5.45. The molecule has 2 aromatic heterocycles. The highest BCUT2D eigenvalue weighted by molar-refractivity contribution is 5.69. The van der Waals surface area contributed by atoms with E-state index in [-0.39, 0.29) is 0 Å². The summed E-state index contributed by atoms with van der Waals surface area (Å²) < 4.78 is 1.64. The largest absolute Gasteiger partial charge is 0.343 e. The van der Waals surface area contributed by atoms with Crippen LogP contribution in [0.2, 0.25) is 0 Å². The molecule has 0 fully saturated rings. The number of nitrogens with two attached hydrogens (primary N) is 1. The SMILES string of the molecule is CN(CCN)c1ncc2c(nnn2C)n1. The summed E-state index contributed by atoms with van der Waals surface area (Å²) in [6.45, 7) is 1.28. The van der Waals surface area contributed by atoms with Crippen LogP contribution >= 0.6 is 0 Å². The topological polar surface area (TPSA) is 85.8 Å². The second kappa shape index (κ2) is 3.77. The number of aryl methyl sites for hydroxylation is 1. The van der Waals surface area contributed by atoms with E-state index >= 15 is 0 Å². The van der Waals surface area contributed by atoms with Crippen LogP contribution in [0.3, 0.4) is 0 Å². The minimum Gasteiger partial charge on any atom is -0.343 e. The van der Waals surface area contributed by atoms with Crippen molar-refractivity contribution >= 4 is 17.1 Å². The molecule has 0 aliphatic rings. The van der Waals surface area contributed by atoms with Crippen LogP contribution in [0.4, 0.5) is 5.95 Å². The third-order valence-corrected chi connectivity index (χ3v) is 2.17. The lowest BCUT2D eigenvalue weighted by Crippen LogP contribution is -2.26. The Labute approximate surface area is 86.9 Å². The van der Waals surface area contributed by atoms with E-state index in [1.54, 1.807) is 10.9 Å². The molecule has 0 aromatic carbocycles. The molecule has 0 aliphatic heterocycles. The van der Waals surface area contributed by atoms with Crippen LogP contribution in [-0.4, -0.2) is 45.1 Å². The molecule has 2 aromatic rings. The van der Waals surface area contributed by atoms with Crippen LogP contribution in [0.15, 0.2) is 6.20 Å². The number of hydrogen-bond acceptors (Lipinski definition) is 6. The van der Waals surface area contributed by atoms with E-state index in [0.717, 1.165) is 5.52 Å². The van der Waals surface area contributed by atoms with Gasteiger partial charge in [-0.05, 0) is 0 Å². The molecule has 7 nitrogen and oxygen atoms in total. The van der Waals surface area contributed by atoms with E-state index in [1.807, 2.05) is 19.0 Å². The molecule has 0 spiro atoms. The van der Waals surface area contributed by atoms with E-state index in [0.29, 0.717) is 24.7 Å². The molecule has 0 aliphatic carbocycles. The van der Waals surface area contributed by atoms with Crippen LogP contribution in [0.5, 0.6) is 0 Å². The summed E-state index contributed by atoms with van der Waals surface area (Å²) in [5.41, 5.74) is 6.88. The zero-order valence-electron chi connectivity index (χ0n) is 8.75. The zero-order valence-corrected chi connectivity index (χ0v) is 8.75. The van der Waals surface area contributed by atoms with Crippen LogP contribution in [0.1, 0.15) is 0 Å². The molecule has 0 atom stereocenters. The number of anilines is 1. The number of rotatable bonds is 3. The van der Waals surface area contributed by atoms with E-state index in [4.69, 9.17) is 5.73 Å². The van der Waals surface area contributed by atoms with Crippen LogP contribution in [-0.2, 0) is 7.05 Å². The van der Waals surface area contributed by atoms with E-state index in [9.17, 15) is 0 Å². The average Bonchev–Trinajstić information content (AvgIpc) is 2.60. The summed E-state index contributed by atoms with van der Waals surface area (Å²) in [6, 6.07) is 0. The number of hydrogen-bond donors (Lipinski definition) is 1. The van der Waals surface area contributed by atoms with Gasteiger partial charge >= 0.3 is 0 Å². The Morgan fingerprint density at radius 2 is 2.33 bits per heavy atom. The van der Waals surface area contributed by atoms with Gasteiger partial charge in [0.1, 0.15) is 5.52 Å². The van der Waals surface area contributed by atoms with Gasteiger partial charge in [0.05, 0.1) is 6.20 Å². The summed E-state index contributed by atoms with van der Waals surface area (Å²) in [7, 11) is 3.70. The quantitative estimate of drug-likeness (QED) is 0.705. The monoisotopic (exact) mass is 207 g/mol. The molecule has 0 amide bonds. The molecule has 80 valence electrons. The fraction of sp³-hybridized carbons (Fsp3) is 0.500. The van der Waals surface area contributed by atoms with E-state index < -0.39 is 0 Å². The van der Waals surface area contributed by atoms with Crippen molar-refractivity contribution in [1.82, 2.24) is 25.0 Å². The number of fused-ring (bicyclic) bond motifs is 1. The first-order valence-electron chi connectivity index (χ1n) is 4.66. The lowest BCUT2D eigenvalue weighted by Gasteiger charge is -2.14. The normalized spacial score (nSPS) is 10.9. The molecule has 2 heterocycles. The summed E-state index contributed by atoms with van der Waals surface area (Å²) in [6.07, 6.45) is 1.71. The van der Waals surface area contributed by atoms with Crippen molar-refractivity contribution < 1.29 is 0 Å². The Morgan fingerprint density at radius 1 is 1.53 bits per heavy atom.